The monoisotopic (exact) mass is 297 g/mol. The van der Waals surface area contributed by atoms with E-state index < -0.39 is 11.6 Å². The number of hydrogen-bond donors (Lipinski definition) is 2. The minimum absolute atomic E-state index is 0.0591. The number of nitrogens with zero attached hydrogens (tertiary/aromatic N) is 1. The third-order valence-corrected chi connectivity index (χ3v) is 3.01. The van der Waals surface area contributed by atoms with Crippen LogP contribution in [0.2, 0.25) is 0 Å². The number of thiocarbonyl (C=S) groups is 1. The molecule has 2 N–H and O–H groups in total. The highest BCUT2D eigenvalue weighted by Crippen LogP contribution is 2.15. The van der Waals surface area contributed by atoms with Crippen molar-refractivity contribution in [2.45, 2.75) is 25.7 Å². The maximum atomic E-state index is 13.4. The molecule has 0 aromatic heterocycles. The van der Waals surface area contributed by atoms with Gasteiger partial charge in [0, 0.05) is 24.6 Å². The van der Waals surface area contributed by atoms with Crippen molar-refractivity contribution >= 4 is 34.5 Å². The highest BCUT2D eigenvalue weighted by molar-refractivity contribution is 7.80. The molecule has 1 aromatic carbocycles. The van der Waals surface area contributed by atoms with E-state index in [0.29, 0.717) is 12.8 Å². The maximum Gasteiger partial charge on any atom is 0.191 e. The van der Waals surface area contributed by atoms with Crippen LogP contribution in [-0.2, 0) is 4.79 Å². The molecule has 0 heterocycles. The predicted molar refractivity (Wildman–Crippen MR) is 76.6 cm³/mol. The summed E-state index contributed by atoms with van der Waals surface area (Å²) in [5.74, 6) is -1.25. The van der Waals surface area contributed by atoms with Crippen LogP contribution in [0.5, 0.6) is 0 Å². The quantitative estimate of drug-likeness (QED) is 0.651. The van der Waals surface area contributed by atoms with Gasteiger partial charge in [-0.3, -0.25) is 10.2 Å². The normalized spacial score (nSPS) is 17.1. The zero-order valence-electron chi connectivity index (χ0n) is 10.6. The molecule has 0 saturated heterocycles. The summed E-state index contributed by atoms with van der Waals surface area (Å²) < 4.78 is 26.1. The third-order valence-electron chi connectivity index (χ3n) is 2.82. The van der Waals surface area contributed by atoms with Crippen LogP contribution in [0, 0.1) is 11.6 Å². The SMILES string of the molecule is O=C1CCC/C(=N/NC(=S)Nc2ccc(F)cc2F)C1. The molecule has 0 atom stereocenters. The first-order valence-electron chi connectivity index (χ1n) is 6.14. The summed E-state index contributed by atoms with van der Waals surface area (Å²) in [5, 5.41) is 6.68. The van der Waals surface area contributed by atoms with Gasteiger partial charge in [0.15, 0.2) is 5.11 Å². The van der Waals surface area contributed by atoms with Crippen molar-refractivity contribution < 1.29 is 13.6 Å². The van der Waals surface area contributed by atoms with E-state index in [1.54, 1.807) is 0 Å². The predicted octanol–water partition coefficient (Wildman–Crippen LogP) is 2.75. The fourth-order valence-corrected chi connectivity index (χ4v) is 2.02. The number of Topliss-reactive ketones (excluding diaryl/α,β-unsaturated/α-hetero) is 1. The van der Waals surface area contributed by atoms with E-state index in [1.807, 2.05) is 0 Å². The van der Waals surface area contributed by atoms with Gasteiger partial charge in [-0.2, -0.15) is 5.10 Å². The molecular formula is C13H13F2N3OS. The molecule has 0 aliphatic heterocycles. The lowest BCUT2D eigenvalue weighted by Gasteiger charge is -2.13. The Morgan fingerprint density at radius 3 is 2.80 bits per heavy atom. The molecule has 2 rings (SSSR count). The molecule has 0 amide bonds. The lowest BCUT2D eigenvalue weighted by Crippen LogP contribution is -2.27. The van der Waals surface area contributed by atoms with Crippen molar-refractivity contribution in [3.63, 3.8) is 0 Å². The Bertz CT molecular complexity index is 575. The molecule has 4 nitrogen and oxygen atoms in total. The number of benzene rings is 1. The number of carbonyl (C=O) groups excluding carboxylic acids is 1. The molecule has 1 fully saturated rings. The molecule has 20 heavy (non-hydrogen) atoms. The lowest BCUT2D eigenvalue weighted by atomic mass is 9.97. The van der Waals surface area contributed by atoms with Gasteiger partial charge in [0.05, 0.1) is 5.69 Å². The Hall–Kier alpha value is -1.89. The standard InChI is InChI=1S/C13H13F2N3OS/c14-8-4-5-12(11(15)6-8)16-13(20)18-17-9-2-1-3-10(19)7-9/h4-6H,1-3,7H2,(H2,16,18,20)/b17-9-. The van der Waals surface area contributed by atoms with Crippen LogP contribution < -0.4 is 10.7 Å². The summed E-state index contributed by atoms with van der Waals surface area (Å²) in [6, 6.07) is 3.13. The molecule has 1 aliphatic carbocycles. The summed E-state index contributed by atoms with van der Waals surface area (Å²) in [4.78, 5) is 11.2. The fraction of sp³-hybridized carbons (Fsp3) is 0.308. The molecule has 1 saturated carbocycles. The van der Waals surface area contributed by atoms with Crippen LogP contribution in [0.25, 0.3) is 0 Å². The second kappa shape index (κ2) is 6.51. The number of ketones is 1. The molecule has 0 bridgehead atoms. The topological polar surface area (TPSA) is 53.5 Å². The van der Waals surface area contributed by atoms with Gasteiger partial charge in [-0.05, 0) is 37.2 Å². The van der Waals surface area contributed by atoms with Gasteiger partial charge in [0.2, 0.25) is 0 Å². The van der Waals surface area contributed by atoms with Crippen LogP contribution in [-0.4, -0.2) is 16.6 Å². The van der Waals surface area contributed by atoms with Crippen LogP contribution in [0.1, 0.15) is 25.7 Å². The highest BCUT2D eigenvalue weighted by atomic mass is 32.1. The van der Waals surface area contributed by atoms with Crippen molar-refractivity contribution in [1.29, 1.82) is 0 Å². The molecule has 0 radical (unpaired) electrons. The number of nitrogens with one attached hydrogen (secondary N) is 2. The highest BCUT2D eigenvalue weighted by Gasteiger charge is 2.14. The van der Waals surface area contributed by atoms with Gasteiger partial charge in [-0.1, -0.05) is 0 Å². The molecule has 1 aromatic rings. The van der Waals surface area contributed by atoms with E-state index >= 15 is 0 Å². The smallest absolute Gasteiger partial charge is 0.191 e. The summed E-state index contributed by atoms with van der Waals surface area (Å²) in [5.41, 5.74) is 3.34. The minimum atomic E-state index is -0.741. The summed E-state index contributed by atoms with van der Waals surface area (Å²) in [6.45, 7) is 0. The largest absolute Gasteiger partial charge is 0.329 e. The van der Waals surface area contributed by atoms with Crippen molar-refractivity contribution in [2.75, 3.05) is 5.32 Å². The van der Waals surface area contributed by atoms with Crippen molar-refractivity contribution in [3.05, 3.63) is 29.8 Å². The first-order valence-corrected chi connectivity index (χ1v) is 6.54. The Kier molecular flexibility index (Phi) is 4.73. The number of anilines is 1. The summed E-state index contributed by atoms with van der Waals surface area (Å²) in [6.07, 6.45) is 2.43. The molecule has 0 unspecified atom stereocenters. The summed E-state index contributed by atoms with van der Waals surface area (Å²) in [7, 11) is 0. The van der Waals surface area contributed by atoms with Crippen molar-refractivity contribution in [2.24, 2.45) is 5.10 Å². The zero-order chi connectivity index (χ0) is 14.5. The average molecular weight is 297 g/mol. The van der Waals surface area contributed by atoms with Gasteiger partial charge >= 0.3 is 0 Å². The number of hydrogen-bond acceptors (Lipinski definition) is 3. The van der Waals surface area contributed by atoms with E-state index in [0.717, 1.165) is 30.7 Å². The summed E-state index contributed by atoms with van der Waals surface area (Å²) >= 11 is 4.95. The molecule has 0 spiro atoms. The maximum absolute atomic E-state index is 13.4. The number of rotatable bonds is 2. The van der Waals surface area contributed by atoms with E-state index in [9.17, 15) is 13.6 Å². The first-order chi connectivity index (χ1) is 9.54. The number of carbonyl (C=O) groups is 1. The molecule has 7 heteroatoms. The Morgan fingerprint density at radius 1 is 1.30 bits per heavy atom. The van der Waals surface area contributed by atoms with Crippen LogP contribution in [0.3, 0.4) is 0 Å². The second-order valence-electron chi connectivity index (χ2n) is 4.44. The van der Waals surface area contributed by atoms with E-state index in [4.69, 9.17) is 12.2 Å². The fourth-order valence-electron chi connectivity index (χ4n) is 1.86. The second-order valence-corrected chi connectivity index (χ2v) is 4.85. The van der Waals surface area contributed by atoms with Crippen LogP contribution >= 0.6 is 12.2 Å². The molecule has 106 valence electrons. The van der Waals surface area contributed by atoms with Crippen molar-refractivity contribution in [3.8, 4) is 0 Å². The van der Waals surface area contributed by atoms with Crippen LogP contribution in [0.15, 0.2) is 23.3 Å². The van der Waals surface area contributed by atoms with Crippen molar-refractivity contribution in [1.82, 2.24) is 5.43 Å². The van der Waals surface area contributed by atoms with Gasteiger partial charge in [0.25, 0.3) is 0 Å². The molecular weight excluding hydrogens is 284 g/mol. The first kappa shape index (κ1) is 14.5. The third kappa shape index (κ3) is 4.06. The van der Waals surface area contributed by atoms with Gasteiger partial charge in [0.1, 0.15) is 17.4 Å². The lowest BCUT2D eigenvalue weighted by molar-refractivity contribution is -0.118. The average Bonchev–Trinajstić information content (AvgIpc) is 2.40. The number of hydrazone groups is 1. The Labute approximate surface area is 120 Å². The van der Waals surface area contributed by atoms with Gasteiger partial charge in [-0.15, -0.1) is 0 Å². The van der Waals surface area contributed by atoms with E-state index in [1.165, 1.54) is 6.07 Å². The minimum Gasteiger partial charge on any atom is -0.329 e. The van der Waals surface area contributed by atoms with Gasteiger partial charge < -0.3 is 5.32 Å². The van der Waals surface area contributed by atoms with E-state index in [-0.39, 0.29) is 16.6 Å². The Morgan fingerprint density at radius 2 is 2.10 bits per heavy atom. The van der Waals surface area contributed by atoms with E-state index in [2.05, 4.69) is 15.8 Å². The molecule has 1 aliphatic rings. The van der Waals surface area contributed by atoms with Gasteiger partial charge in [-0.25, -0.2) is 8.78 Å². The number of halogens is 2. The Balaban J connectivity index is 1.92. The zero-order valence-corrected chi connectivity index (χ0v) is 11.4. The van der Waals surface area contributed by atoms with Crippen LogP contribution in [0.4, 0.5) is 14.5 Å².